The van der Waals surface area contributed by atoms with E-state index in [4.69, 9.17) is 4.74 Å². The zero-order valence-corrected chi connectivity index (χ0v) is 12.1. The summed E-state index contributed by atoms with van der Waals surface area (Å²) in [4.78, 5) is 48.1. The average molecular weight is 296 g/mol. The first-order chi connectivity index (χ1) is 10.0. The number of hydrogen-bond donors (Lipinski definition) is 1. The molecule has 2 rings (SSSR count). The highest BCUT2D eigenvalue weighted by atomic mass is 16.5. The molecule has 0 aromatic heterocycles. The molecule has 116 valence electrons. The van der Waals surface area contributed by atoms with Crippen molar-refractivity contribution in [2.24, 2.45) is 11.8 Å². The summed E-state index contributed by atoms with van der Waals surface area (Å²) in [5, 5.41) is 2.49. The second kappa shape index (κ2) is 6.69. The van der Waals surface area contributed by atoms with Crippen LogP contribution in [0.25, 0.3) is 0 Å². The van der Waals surface area contributed by atoms with Crippen molar-refractivity contribution in [2.45, 2.75) is 32.6 Å². The predicted octanol–water partition coefficient (Wildman–Crippen LogP) is -0.159. The molecule has 3 amide bonds. The van der Waals surface area contributed by atoms with Crippen molar-refractivity contribution in [1.82, 2.24) is 10.2 Å². The highest BCUT2D eigenvalue weighted by Crippen LogP contribution is 2.37. The van der Waals surface area contributed by atoms with Gasteiger partial charge in [-0.05, 0) is 19.8 Å². The first-order valence-electron chi connectivity index (χ1n) is 7.32. The molecule has 1 N–H and O–H groups in total. The molecule has 0 aromatic rings. The van der Waals surface area contributed by atoms with Crippen LogP contribution in [-0.2, 0) is 23.9 Å². The summed E-state index contributed by atoms with van der Waals surface area (Å²) in [6.45, 7) is 1.41. The van der Waals surface area contributed by atoms with E-state index in [2.05, 4.69) is 5.32 Å². The van der Waals surface area contributed by atoms with Crippen molar-refractivity contribution < 1.29 is 23.9 Å². The third-order valence-electron chi connectivity index (χ3n) is 3.96. The Bertz CT molecular complexity index is 438. The van der Waals surface area contributed by atoms with Gasteiger partial charge in [0.15, 0.2) is 6.61 Å². The Labute approximate surface area is 123 Å². The van der Waals surface area contributed by atoms with Gasteiger partial charge in [-0.15, -0.1) is 0 Å². The van der Waals surface area contributed by atoms with Crippen molar-refractivity contribution in [2.75, 3.05) is 19.7 Å². The molecule has 7 nitrogen and oxygen atoms in total. The Hall–Kier alpha value is -1.92. The molecule has 1 aliphatic carbocycles. The number of likely N-dealkylation sites (tertiary alicyclic amines) is 1. The van der Waals surface area contributed by atoms with Gasteiger partial charge in [-0.1, -0.05) is 12.8 Å². The maximum absolute atomic E-state index is 12.1. The Kier molecular flexibility index (Phi) is 4.93. The highest BCUT2D eigenvalue weighted by molar-refractivity contribution is 6.07. The SMILES string of the molecule is CCNC(=O)COC(=O)CN1C(=O)[C@H]2CCCC[C@H]2C1=O. The molecule has 1 aliphatic heterocycles. The Morgan fingerprint density at radius 3 is 2.29 bits per heavy atom. The molecule has 0 aromatic carbocycles. The maximum Gasteiger partial charge on any atom is 0.326 e. The summed E-state index contributed by atoms with van der Waals surface area (Å²) < 4.78 is 4.77. The number of hydrogen-bond acceptors (Lipinski definition) is 5. The quantitative estimate of drug-likeness (QED) is 0.562. The van der Waals surface area contributed by atoms with Gasteiger partial charge in [-0.2, -0.15) is 0 Å². The topological polar surface area (TPSA) is 92.8 Å². The molecule has 2 atom stereocenters. The lowest BCUT2D eigenvalue weighted by molar-refractivity contribution is -0.154. The molecule has 0 radical (unpaired) electrons. The van der Waals surface area contributed by atoms with E-state index in [1.54, 1.807) is 6.92 Å². The fraction of sp³-hybridized carbons (Fsp3) is 0.714. The number of rotatable bonds is 5. The Balaban J connectivity index is 1.87. The van der Waals surface area contributed by atoms with Crippen LogP contribution in [-0.4, -0.2) is 48.3 Å². The summed E-state index contributed by atoms with van der Waals surface area (Å²) in [6.07, 6.45) is 3.30. The van der Waals surface area contributed by atoms with E-state index < -0.39 is 25.0 Å². The van der Waals surface area contributed by atoms with Gasteiger partial charge in [-0.25, -0.2) is 0 Å². The summed E-state index contributed by atoms with van der Waals surface area (Å²) in [5.41, 5.74) is 0. The number of amides is 3. The van der Waals surface area contributed by atoms with Crippen LogP contribution in [0.4, 0.5) is 0 Å². The minimum Gasteiger partial charge on any atom is -0.454 e. The molecular weight excluding hydrogens is 276 g/mol. The molecule has 2 aliphatic rings. The smallest absolute Gasteiger partial charge is 0.326 e. The molecule has 1 saturated heterocycles. The monoisotopic (exact) mass is 296 g/mol. The van der Waals surface area contributed by atoms with Crippen molar-refractivity contribution in [3.05, 3.63) is 0 Å². The minimum absolute atomic E-state index is 0.276. The lowest BCUT2D eigenvalue weighted by Gasteiger charge is -2.19. The fourth-order valence-corrected chi connectivity index (χ4v) is 2.96. The van der Waals surface area contributed by atoms with E-state index >= 15 is 0 Å². The van der Waals surface area contributed by atoms with Crippen LogP contribution >= 0.6 is 0 Å². The van der Waals surface area contributed by atoms with E-state index in [-0.39, 0.29) is 23.7 Å². The van der Waals surface area contributed by atoms with Crippen molar-refractivity contribution >= 4 is 23.7 Å². The van der Waals surface area contributed by atoms with Crippen molar-refractivity contribution in [3.63, 3.8) is 0 Å². The van der Waals surface area contributed by atoms with E-state index in [1.807, 2.05) is 0 Å². The normalized spacial score (nSPS) is 24.7. The second-order valence-corrected chi connectivity index (χ2v) is 5.37. The standard InChI is InChI=1S/C14H20N2O5/c1-2-15-11(17)8-21-12(18)7-16-13(19)9-5-3-4-6-10(9)14(16)20/h9-10H,2-8H2,1H3,(H,15,17)/t9-,10+. The van der Waals surface area contributed by atoms with Gasteiger partial charge in [0.25, 0.3) is 5.91 Å². The first kappa shape index (κ1) is 15.5. The largest absolute Gasteiger partial charge is 0.454 e. The number of nitrogens with one attached hydrogen (secondary N) is 1. The zero-order valence-electron chi connectivity index (χ0n) is 12.1. The Morgan fingerprint density at radius 1 is 1.19 bits per heavy atom. The van der Waals surface area contributed by atoms with Crippen LogP contribution in [0.1, 0.15) is 32.6 Å². The van der Waals surface area contributed by atoms with Crippen molar-refractivity contribution in [1.29, 1.82) is 0 Å². The van der Waals surface area contributed by atoms with Gasteiger partial charge in [0.1, 0.15) is 6.54 Å². The molecule has 7 heteroatoms. The Morgan fingerprint density at radius 2 is 1.76 bits per heavy atom. The minimum atomic E-state index is -0.735. The van der Waals surface area contributed by atoms with Gasteiger partial charge >= 0.3 is 5.97 Å². The first-order valence-corrected chi connectivity index (χ1v) is 7.32. The molecule has 1 heterocycles. The lowest BCUT2D eigenvalue weighted by Crippen LogP contribution is -2.38. The van der Waals surface area contributed by atoms with E-state index in [0.29, 0.717) is 19.4 Å². The highest BCUT2D eigenvalue weighted by Gasteiger charge is 2.48. The molecule has 2 fully saturated rings. The lowest BCUT2D eigenvalue weighted by atomic mass is 9.81. The third kappa shape index (κ3) is 3.40. The number of ether oxygens (including phenoxy) is 1. The van der Waals surface area contributed by atoms with Crippen LogP contribution in [0.5, 0.6) is 0 Å². The number of carbonyl (C=O) groups is 4. The molecule has 21 heavy (non-hydrogen) atoms. The number of fused-ring (bicyclic) bond motifs is 1. The van der Waals surface area contributed by atoms with Gasteiger partial charge < -0.3 is 10.1 Å². The molecular formula is C14H20N2O5. The number of imide groups is 1. The molecule has 1 saturated carbocycles. The number of likely N-dealkylation sites (N-methyl/N-ethyl adjacent to an activating group) is 1. The average Bonchev–Trinajstić information content (AvgIpc) is 2.71. The van der Waals surface area contributed by atoms with Crippen LogP contribution in [0.3, 0.4) is 0 Å². The molecule has 0 unspecified atom stereocenters. The van der Waals surface area contributed by atoms with Gasteiger partial charge in [0.05, 0.1) is 11.8 Å². The maximum atomic E-state index is 12.1. The van der Waals surface area contributed by atoms with Crippen LogP contribution in [0, 0.1) is 11.8 Å². The number of carbonyl (C=O) groups excluding carboxylic acids is 4. The van der Waals surface area contributed by atoms with Gasteiger partial charge in [0.2, 0.25) is 11.8 Å². The summed E-state index contributed by atoms with van der Waals surface area (Å²) in [5.74, 6) is -2.25. The van der Waals surface area contributed by atoms with Crippen LogP contribution in [0.15, 0.2) is 0 Å². The van der Waals surface area contributed by atoms with Crippen molar-refractivity contribution in [3.8, 4) is 0 Å². The summed E-state index contributed by atoms with van der Waals surface area (Å²) in [6, 6.07) is 0. The summed E-state index contributed by atoms with van der Waals surface area (Å²) >= 11 is 0. The fourth-order valence-electron chi connectivity index (χ4n) is 2.96. The van der Waals surface area contributed by atoms with E-state index in [0.717, 1.165) is 17.7 Å². The molecule has 0 bridgehead atoms. The van der Waals surface area contributed by atoms with Crippen LogP contribution < -0.4 is 5.32 Å². The predicted molar refractivity (Wildman–Crippen MR) is 71.8 cm³/mol. The van der Waals surface area contributed by atoms with Crippen LogP contribution in [0.2, 0.25) is 0 Å². The third-order valence-corrected chi connectivity index (χ3v) is 3.96. The molecule has 0 spiro atoms. The zero-order chi connectivity index (χ0) is 15.4. The number of esters is 1. The van der Waals surface area contributed by atoms with Gasteiger partial charge in [-0.3, -0.25) is 24.1 Å². The summed E-state index contributed by atoms with van der Waals surface area (Å²) in [7, 11) is 0. The van der Waals surface area contributed by atoms with E-state index in [1.165, 1.54) is 0 Å². The van der Waals surface area contributed by atoms with Gasteiger partial charge in [0, 0.05) is 6.54 Å². The van der Waals surface area contributed by atoms with E-state index in [9.17, 15) is 19.2 Å². The number of nitrogens with zero attached hydrogens (tertiary/aromatic N) is 1. The second-order valence-electron chi connectivity index (χ2n) is 5.37.